The Morgan fingerprint density at radius 3 is 2.76 bits per heavy atom. The molecule has 1 aliphatic carbocycles. The van der Waals surface area contributed by atoms with Crippen LogP contribution in [-0.4, -0.2) is 40.1 Å². The Morgan fingerprint density at radius 1 is 1.28 bits per heavy atom. The van der Waals surface area contributed by atoms with Gasteiger partial charge in [-0.3, -0.25) is 9.36 Å². The van der Waals surface area contributed by atoms with Crippen molar-refractivity contribution in [3.8, 4) is 22.2 Å². The first-order chi connectivity index (χ1) is 14.1. The molecule has 1 amide bonds. The van der Waals surface area contributed by atoms with Crippen molar-refractivity contribution in [1.29, 1.82) is 0 Å². The van der Waals surface area contributed by atoms with E-state index >= 15 is 0 Å². The molecule has 1 N–H and O–H groups in total. The van der Waals surface area contributed by atoms with Crippen LogP contribution in [0.15, 0.2) is 40.9 Å². The number of nitrogens with one attached hydrogen (secondary N) is 1. The first kappa shape index (κ1) is 19.8. The van der Waals surface area contributed by atoms with Crippen molar-refractivity contribution >= 4 is 34.7 Å². The van der Waals surface area contributed by atoms with Crippen LogP contribution >= 0.6 is 23.1 Å². The second-order valence-corrected chi connectivity index (χ2v) is 8.96. The standard InChI is InChI=1S/C20H22N4O3S2/c1-12(19(25)21-15-11-14(26-2)8-9-16(15)27-3)29-20-23-22-18(17-5-4-10-28-17)24(20)13-6-7-13/h4-5,8-13H,6-7H2,1-3H3,(H,21,25)/t12-/m1/s1. The number of thiophene rings is 1. The topological polar surface area (TPSA) is 78.3 Å². The number of amides is 1. The van der Waals surface area contributed by atoms with E-state index in [-0.39, 0.29) is 11.2 Å². The molecule has 0 aliphatic heterocycles. The molecule has 0 spiro atoms. The van der Waals surface area contributed by atoms with Crippen LogP contribution in [0, 0.1) is 0 Å². The van der Waals surface area contributed by atoms with E-state index in [0.29, 0.717) is 23.2 Å². The first-order valence-electron chi connectivity index (χ1n) is 9.29. The highest BCUT2D eigenvalue weighted by atomic mass is 32.2. The van der Waals surface area contributed by atoms with Crippen molar-refractivity contribution < 1.29 is 14.3 Å². The maximum absolute atomic E-state index is 12.8. The molecule has 0 radical (unpaired) electrons. The number of ether oxygens (including phenoxy) is 2. The minimum atomic E-state index is -0.358. The van der Waals surface area contributed by atoms with Crippen LogP contribution in [-0.2, 0) is 4.79 Å². The zero-order valence-electron chi connectivity index (χ0n) is 16.4. The summed E-state index contributed by atoms with van der Waals surface area (Å²) in [6.45, 7) is 1.86. The van der Waals surface area contributed by atoms with Gasteiger partial charge < -0.3 is 14.8 Å². The molecule has 0 unspecified atom stereocenters. The zero-order valence-corrected chi connectivity index (χ0v) is 18.0. The maximum Gasteiger partial charge on any atom is 0.237 e. The van der Waals surface area contributed by atoms with Crippen LogP contribution in [0.2, 0.25) is 0 Å². The van der Waals surface area contributed by atoms with Gasteiger partial charge >= 0.3 is 0 Å². The third-order valence-electron chi connectivity index (χ3n) is 4.63. The monoisotopic (exact) mass is 430 g/mol. The highest BCUT2D eigenvalue weighted by molar-refractivity contribution is 8.00. The lowest BCUT2D eigenvalue weighted by Crippen LogP contribution is -2.23. The Labute approximate surface area is 177 Å². The van der Waals surface area contributed by atoms with Gasteiger partial charge in [0.25, 0.3) is 0 Å². The van der Waals surface area contributed by atoms with Gasteiger partial charge in [-0.1, -0.05) is 17.8 Å². The average Bonchev–Trinajstić information content (AvgIpc) is 3.25. The molecular weight excluding hydrogens is 408 g/mol. The summed E-state index contributed by atoms with van der Waals surface area (Å²) in [6, 6.07) is 9.78. The fourth-order valence-electron chi connectivity index (χ4n) is 2.95. The molecule has 2 heterocycles. The normalized spacial score (nSPS) is 14.4. The summed E-state index contributed by atoms with van der Waals surface area (Å²) in [5.74, 6) is 1.98. The summed E-state index contributed by atoms with van der Waals surface area (Å²) in [5.41, 5.74) is 0.576. The van der Waals surface area contributed by atoms with Crippen LogP contribution in [0.4, 0.5) is 5.69 Å². The number of benzene rings is 1. The summed E-state index contributed by atoms with van der Waals surface area (Å²) in [7, 11) is 3.15. The van der Waals surface area contributed by atoms with Gasteiger partial charge in [-0.05, 0) is 43.3 Å². The Morgan fingerprint density at radius 2 is 2.10 bits per heavy atom. The minimum absolute atomic E-state index is 0.135. The number of aromatic nitrogens is 3. The number of anilines is 1. The maximum atomic E-state index is 12.8. The number of rotatable bonds is 8. The molecule has 1 aromatic carbocycles. The predicted molar refractivity (Wildman–Crippen MR) is 115 cm³/mol. The van der Waals surface area contributed by atoms with Crippen molar-refractivity contribution in [2.45, 2.75) is 36.2 Å². The van der Waals surface area contributed by atoms with Gasteiger partial charge in [-0.25, -0.2) is 0 Å². The highest BCUT2D eigenvalue weighted by Crippen LogP contribution is 2.42. The van der Waals surface area contributed by atoms with Gasteiger partial charge in [-0.15, -0.1) is 21.5 Å². The summed E-state index contributed by atoms with van der Waals surface area (Å²) >= 11 is 3.06. The van der Waals surface area contributed by atoms with E-state index in [1.54, 1.807) is 43.8 Å². The van der Waals surface area contributed by atoms with Crippen LogP contribution in [0.5, 0.6) is 11.5 Å². The molecule has 1 aliphatic rings. The van der Waals surface area contributed by atoms with Crippen molar-refractivity contribution in [3.05, 3.63) is 35.7 Å². The Balaban J connectivity index is 1.51. The van der Waals surface area contributed by atoms with Crippen LogP contribution in [0.1, 0.15) is 25.8 Å². The summed E-state index contributed by atoms with van der Waals surface area (Å²) in [6.07, 6.45) is 2.23. The second kappa shape index (κ2) is 8.46. The SMILES string of the molecule is COc1ccc(OC)c(NC(=O)[C@@H](C)Sc2nnc(-c3cccs3)n2C2CC2)c1. The van der Waals surface area contributed by atoms with E-state index in [0.717, 1.165) is 28.7 Å². The average molecular weight is 431 g/mol. The third kappa shape index (κ3) is 4.25. The smallest absolute Gasteiger partial charge is 0.237 e. The van der Waals surface area contributed by atoms with Gasteiger partial charge in [-0.2, -0.15) is 0 Å². The lowest BCUT2D eigenvalue weighted by Gasteiger charge is -2.15. The van der Waals surface area contributed by atoms with Crippen molar-refractivity contribution in [2.24, 2.45) is 0 Å². The minimum Gasteiger partial charge on any atom is -0.497 e. The molecular formula is C20H22N4O3S2. The number of methoxy groups -OCH3 is 2. The summed E-state index contributed by atoms with van der Waals surface area (Å²) < 4.78 is 12.8. The lowest BCUT2D eigenvalue weighted by molar-refractivity contribution is -0.115. The van der Waals surface area contributed by atoms with Gasteiger partial charge in [0.1, 0.15) is 11.5 Å². The molecule has 4 rings (SSSR count). The fraction of sp³-hybridized carbons (Fsp3) is 0.350. The van der Waals surface area contributed by atoms with Crippen molar-refractivity contribution in [2.75, 3.05) is 19.5 Å². The molecule has 1 fully saturated rings. The molecule has 29 heavy (non-hydrogen) atoms. The van der Waals surface area contributed by atoms with Crippen LogP contribution in [0.25, 0.3) is 10.7 Å². The molecule has 7 nitrogen and oxygen atoms in total. The number of hydrogen-bond acceptors (Lipinski definition) is 7. The molecule has 0 saturated heterocycles. The summed E-state index contributed by atoms with van der Waals surface area (Å²) in [5, 5.41) is 14.2. The third-order valence-corrected chi connectivity index (χ3v) is 6.56. The van der Waals surface area contributed by atoms with E-state index in [4.69, 9.17) is 9.47 Å². The molecule has 152 valence electrons. The van der Waals surface area contributed by atoms with E-state index in [1.807, 2.05) is 24.4 Å². The van der Waals surface area contributed by atoms with Crippen LogP contribution in [0.3, 0.4) is 0 Å². The van der Waals surface area contributed by atoms with E-state index in [9.17, 15) is 4.79 Å². The molecule has 1 atom stereocenters. The van der Waals surface area contributed by atoms with Gasteiger partial charge in [0.05, 0.1) is 30.0 Å². The number of carbonyl (C=O) groups excluding carboxylic acids is 1. The molecule has 9 heteroatoms. The first-order valence-corrected chi connectivity index (χ1v) is 11.0. The van der Waals surface area contributed by atoms with Crippen LogP contribution < -0.4 is 14.8 Å². The van der Waals surface area contributed by atoms with Crippen molar-refractivity contribution in [1.82, 2.24) is 14.8 Å². The molecule has 1 saturated carbocycles. The summed E-state index contributed by atoms with van der Waals surface area (Å²) in [4.78, 5) is 13.9. The number of carbonyl (C=O) groups is 1. The van der Waals surface area contributed by atoms with Gasteiger partial charge in [0, 0.05) is 12.1 Å². The quantitative estimate of drug-likeness (QED) is 0.531. The molecule has 3 aromatic rings. The lowest BCUT2D eigenvalue weighted by atomic mass is 10.2. The fourth-order valence-corrected chi connectivity index (χ4v) is 4.58. The number of thioether (sulfide) groups is 1. The van der Waals surface area contributed by atoms with Gasteiger partial charge in [0.2, 0.25) is 5.91 Å². The van der Waals surface area contributed by atoms with E-state index < -0.39 is 0 Å². The van der Waals surface area contributed by atoms with E-state index in [1.165, 1.54) is 11.8 Å². The van der Waals surface area contributed by atoms with Gasteiger partial charge in [0.15, 0.2) is 11.0 Å². The molecule has 2 aromatic heterocycles. The Bertz CT molecular complexity index is 999. The largest absolute Gasteiger partial charge is 0.497 e. The Kier molecular flexibility index (Phi) is 5.77. The highest BCUT2D eigenvalue weighted by Gasteiger charge is 2.32. The Hall–Kier alpha value is -2.52. The van der Waals surface area contributed by atoms with Crippen molar-refractivity contribution in [3.63, 3.8) is 0 Å². The number of hydrogen-bond donors (Lipinski definition) is 1. The molecule has 0 bridgehead atoms. The zero-order chi connectivity index (χ0) is 20.4. The second-order valence-electron chi connectivity index (χ2n) is 6.70. The predicted octanol–water partition coefficient (Wildman–Crippen LogP) is 4.48. The van der Waals surface area contributed by atoms with E-state index in [2.05, 4.69) is 20.1 Å². The number of nitrogens with zero attached hydrogens (tertiary/aromatic N) is 3.